The van der Waals surface area contributed by atoms with Crippen molar-refractivity contribution in [2.45, 2.75) is 30.4 Å². The number of thiazole rings is 1. The molecule has 30 heavy (non-hydrogen) atoms. The number of nitrogens with one attached hydrogen (secondary N) is 2. The normalized spacial score (nSPS) is 15.7. The number of aryl methyl sites for hydroxylation is 2. The van der Waals surface area contributed by atoms with E-state index in [2.05, 4.69) is 16.0 Å². The van der Waals surface area contributed by atoms with Crippen LogP contribution >= 0.6 is 11.3 Å². The second kappa shape index (κ2) is 8.37. The lowest BCUT2D eigenvalue weighted by Gasteiger charge is -2.33. The average molecular weight is 449 g/mol. The molecule has 1 saturated heterocycles. The summed E-state index contributed by atoms with van der Waals surface area (Å²) < 4.78 is 27.0. The number of H-pyrrole nitrogens is 2. The molecule has 1 aliphatic rings. The third-order valence-corrected chi connectivity index (χ3v) is 8.94. The molecular weight excluding hydrogens is 424 g/mol. The van der Waals surface area contributed by atoms with E-state index in [0.717, 1.165) is 18.4 Å². The Kier molecular flexibility index (Phi) is 5.81. The Morgan fingerprint density at radius 3 is 2.60 bits per heavy atom. The molecule has 0 saturated carbocycles. The highest BCUT2D eigenvalue weighted by atomic mass is 32.2. The minimum Gasteiger partial charge on any atom is -0.361 e. The van der Waals surface area contributed by atoms with Gasteiger partial charge in [-0.2, -0.15) is 4.31 Å². The lowest BCUT2D eigenvalue weighted by Crippen LogP contribution is -2.50. The van der Waals surface area contributed by atoms with Gasteiger partial charge in [0.05, 0.1) is 0 Å². The largest absolute Gasteiger partial charge is 0.361 e. The van der Waals surface area contributed by atoms with Crippen LogP contribution in [0.2, 0.25) is 0 Å². The van der Waals surface area contributed by atoms with Crippen molar-refractivity contribution in [2.75, 3.05) is 26.2 Å². The summed E-state index contributed by atoms with van der Waals surface area (Å²) in [6.45, 7) is 2.79. The molecule has 1 amide bonds. The minimum atomic E-state index is -3.71. The standard InChI is InChI=1S/C20H24N4O4S2/c1-14-19(29-20(26)22-14)30(27,28)24-11-9-23(10-12-24)18(25)8-4-5-15-13-21-17-7-3-2-6-16(15)17/h2-3,6-7,13,21H,4-5,8-12H2,1H3,(H,22,26). The van der Waals surface area contributed by atoms with Crippen LogP contribution < -0.4 is 4.87 Å². The van der Waals surface area contributed by atoms with Gasteiger partial charge in [0, 0.05) is 55.4 Å². The highest BCUT2D eigenvalue weighted by Gasteiger charge is 2.32. The molecule has 0 aliphatic carbocycles. The Labute approximate surface area is 178 Å². The summed E-state index contributed by atoms with van der Waals surface area (Å²) in [7, 11) is -3.71. The van der Waals surface area contributed by atoms with Crippen LogP contribution in [0.3, 0.4) is 0 Å². The van der Waals surface area contributed by atoms with Crippen LogP contribution in [0, 0.1) is 6.92 Å². The number of sulfonamides is 1. The Morgan fingerprint density at radius 2 is 1.90 bits per heavy atom. The molecule has 10 heteroatoms. The SMILES string of the molecule is Cc1[nH]c(=O)sc1S(=O)(=O)N1CCN(C(=O)CCCc2c[nH]c3ccccc23)CC1. The topological polar surface area (TPSA) is 106 Å². The van der Waals surface area contributed by atoms with E-state index in [-0.39, 0.29) is 28.1 Å². The highest BCUT2D eigenvalue weighted by molar-refractivity contribution is 7.91. The average Bonchev–Trinajstić information content (AvgIpc) is 3.31. The maximum atomic E-state index is 12.8. The fourth-order valence-electron chi connectivity index (χ4n) is 3.86. The van der Waals surface area contributed by atoms with Gasteiger partial charge in [-0.25, -0.2) is 8.42 Å². The zero-order valence-corrected chi connectivity index (χ0v) is 18.3. The number of para-hydroxylation sites is 1. The number of hydrogen-bond acceptors (Lipinski definition) is 5. The number of carbonyl (C=O) groups is 1. The second-order valence-corrected chi connectivity index (χ2v) is 10.5. The third kappa shape index (κ3) is 4.07. The Balaban J connectivity index is 1.30. The first-order valence-corrected chi connectivity index (χ1v) is 12.1. The molecule has 4 rings (SSSR count). The number of piperazine rings is 1. The molecule has 0 unspecified atom stereocenters. The van der Waals surface area contributed by atoms with Crippen molar-refractivity contribution >= 4 is 38.2 Å². The quantitative estimate of drug-likeness (QED) is 0.602. The van der Waals surface area contributed by atoms with Crippen LogP contribution in [0.4, 0.5) is 0 Å². The molecule has 0 bridgehead atoms. The molecule has 160 valence electrons. The maximum Gasteiger partial charge on any atom is 0.305 e. The fraction of sp³-hybridized carbons (Fsp3) is 0.400. The monoisotopic (exact) mass is 448 g/mol. The smallest absolute Gasteiger partial charge is 0.305 e. The van der Waals surface area contributed by atoms with Gasteiger partial charge in [0.2, 0.25) is 5.91 Å². The van der Waals surface area contributed by atoms with Crippen molar-refractivity contribution in [3.8, 4) is 0 Å². The van der Waals surface area contributed by atoms with Gasteiger partial charge in [-0.1, -0.05) is 29.5 Å². The lowest BCUT2D eigenvalue weighted by atomic mass is 10.1. The summed E-state index contributed by atoms with van der Waals surface area (Å²) in [5, 5.41) is 1.19. The van der Waals surface area contributed by atoms with Gasteiger partial charge in [0.15, 0.2) is 4.21 Å². The number of nitrogens with zero attached hydrogens (tertiary/aromatic N) is 2. The minimum absolute atomic E-state index is 0.0503. The number of aromatic amines is 2. The summed E-state index contributed by atoms with van der Waals surface area (Å²) in [6, 6.07) is 8.10. The zero-order valence-electron chi connectivity index (χ0n) is 16.7. The number of fused-ring (bicyclic) bond motifs is 1. The molecule has 1 fully saturated rings. The Bertz CT molecular complexity index is 1220. The van der Waals surface area contributed by atoms with E-state index in [4.69, 9.17) is 0 Å². The lowest BCUT2D eigenvalue weighted by molar-refractivity contribution is -0.132. The van der Waals surface area contributed by atoms with E-state index in [9.17, 15) is 18.0 Å². The highest BCUT2D eigenvalue weighted by Crippen LogP contribution is 2.23. The zero-order chi connectivity index (χ0) is 21.3. The molecule has 1 aromatic carbocycles. The molecule has 8 nitrogen and oxygen atoms in total. The van der Waals surface area contributed by atoms with Gasteiger partial charge in [0.1, 0.15) is 0 Å². The number of carbonyl (C=O) groups excluding carboxylic acids is 1. The molecule has 3 heterocycles. The fourth-order valence-corrected chi connectivity index (χ4v) is 6.72. The van der Waals surface area contributed by atoms with Gasteiger partial charge in [-0.3, -0.25) is 9.59 Å². The van der Waals surface area contributed by atoms with Gasteiger partial charge in [-0.05, 0) is 31.4 Å². The number of rotatable bonds is 6. The van der Waals surface area contributed by atoms with Crippen molar-refractivity contribution < 1.29 is 13.2 Å². The Morgan fingerprint density at radius 1 is 1.17 bits per heavy atom. The van der Waals surface area contributed by atoms with Crippen LogP contribution in [0.1, 0.15) is 24.1 Å². The summed E-state index contributed by atoms with van der Waals surface area (Å²) in [5.41, 5.74) is 2.66. The van der Waals surface area contributed by atoms with Gasteiger partial charge < -0.3 is 14.9 Å². The first-order chi connectivity index (χ1) is 14.4. The molecule has 0 spiro atoms. The Hall–Kier alpha value is -2.43. The second-order valence-electron chi connectivity index (χ2n) is 7.42. The first-order valence-electron chi connectivity index (χ1n) is 9.89. The molecule has 2 N–H and O–H groups in total. The molecule has 3 aromatic rings. The summed E-state index contributed by atoms with van der Waals surface area (Å²) in [4.78, 5) is 31.2. The predicted octanol–water partition coefficient (Wildman–Crippen LogP) is 2.08. The number of hydrogen-bond donors (Lipinski definition) is 2. The van der Waals surface area contributed by atoms with Crippen molar-refractivity contribution in [1.29, 1.82) is 0 Å². The van der Waals surface area contributed by atoms with E-state index < -0.39 is 10.0 Å². The summed E-state index contributed by atoms with van der Waals surface area (Å²) in [6.07, 6.45) is 3.99. The third-order valence-electron chi connectivity index (χ3n) is 5.46. The molecule has 0 radical (unpaired) electrons. The predicted molar refractivity (Wildman–Crippen MR) is 116 cm³/mol. The van der Waals surface area contributed by atoms with Crippen molar-refractivity contribution in [3.63, 3.8) is 0 Å². The van der Waals surface area contributed by atoms with Crippen LogP contribution in [-0.4, -0.2) is 59.7 Å². The summed E-state index contributed by atoms with van der Waals surface area (Å²) in [5.74, 6) is 0.0503. The summed E-state index contributed by atoms with van der Waals surface area (Å²) >= 11 is 0.709. The van der Waals surface area contributed by atoms with E-state index in [1.54, 1.807) is 11.8 Å². The molecule has 1 aliphatic heterocycles. The van der Waals surface area contributed by atoms with Crippen LogP contribution in [0.25, 0.3) is 10.9 Å². The first kappa shape index (κ1) is 20.8. The van der Waals surface area contributed by atoms with Crippen molar-refractivity contribution in [3.05, 3.63) is 51.4 Å². The van der Waals surface area contributed by atoms with E-state index >= 15 is 0 Å². The molecule has 2 aromatic heterocycles. The maximum absolute atomic E-state index is 12.8. The number of amides is 1. The van der Waals surface area contributed by atoms with Gasteiger partial charge in [0.25, 0.3) is 10.0 Å². The van der Waals surface area contributed by atoms with Crippen LogP contribution in [-0.2, 0) is 21.2 Å². The van der Waals surface area contributed by atoms with Crippen molar-refractivity contribution in [1.82, 2.24) is 19.2 Å². The number of benzene rings is 1. The van der Waals surface area contributed by atoms with Gasteiger partial charge in [-0.15, -0.1) is 0 Å². The number of aromatic nitrogens is 2. The van der Waals surface area contributed by atoms with E-state index in [0.29, 0.717) is 36.5 Å². The van der Waals surface area contributed by atoms with E-state index in [1.807, 2.05) is 24.4 Å². The van der Waals surface area contributed by atoms with E-state index in [1.165, 1.54) is 15.3 Å². The molecule has 0 atom stereocenters. The van der Waals surface area contributed by atoms with Crippen LogP contribution in [0.15, 0.2) is 39.5 Å². The van der Waals surface area contributed by atoms with Crippen LogP contribution in [0.5, 0.6) is 0 Å². The van der Waals surface area contributed by atoms with Crippen molar-refractivity contribution in [2.24, 2.45) is 0 Å². The molecular formula is C20H24N4O4S2. The van der Waals surface area contributed by atoms with Gasteiger partial charge >= 0.3 is 4.87 Å².